The Kier molecular flexibility index (Phi) is 5.67. The van der Waals surface area contributed by atoms with Crippen molar-refractivity contribution in [3.63, 3.8) is 0 Å². The molecule has 138 valence electrons. The summed E-state index contributed by atoms with van der Waals surface area (Å²) in [6, 6.07) is 7.99. The van der Waals surface area contributed by atoms with Gasteiger partial charge in [-0.3, -0.25) is 4.79 Å². The fourth-order valence-corrected chi connectivity index (χ4v) is 4.58. The summed E-state index contributed by atoms with van der Waals surface area (Å²) in [6.07, 6.45) is 3.31. The molecule has 2 aromatic rings. The second kappa shape index (κ2) is 7.64. The van der Waals surface area contributed by atoms with Crippen LogP contribution in [0.15, 0.2) is 45.9 Å². The Morgan fingerprint density at radius 3 is 2.58 bits per heavy atom. The van der Waals surface area contributed by atoms with Gasteiger partial charge in [0.25, 0.3) is 0 Å². The summed E-state index contributed by atoms with van der Waals surface area (Å²) in [5.41, 5.74) is 1.46. The lowest BCUT2D eigenvalue weighted by molar-refractivity contribution is -0.117. The number of carbonyl (C=O) groups is 1. The first-order valence-electron chi connectivity index (χ1n) is 8.00. The molecule has 1 aromatic heterocycles. The summed E-state index contributed by atoms with van der Waals surface area (Å²) >= 11 is 9.11. The summed E-state index contributed by atoms with van der Waals surface area (Å²) in [5.74, 6) is 0.160. The van der Waals surface area contributed by atoms with Gasteiger partial charge < -0.3 is 5.32 Å². The average molecular weight is 459 g/mol. The van der Waals surface area contributed by atoms with Crippen LogP contribution in [0.3, 0.4) is 0 Å². The topological polar surface area (TPSA) is 88.2 Å². The van der Waals surface area contributed by atoms with Crippen LogP contribution in [0, 0.1) is 5.92 Å². The van der Waals surface area contributed by atoms with Crippen LogP contribution in [-0.4, -0.2) is 19.3 Å². The lowest BCUT2D eigenvalue weighted by Crippen LogP contribution is -2.27. The summed E-state index contributed by atoms with van der Waals surface area (Å²) in [5, 5.41) is 2.76. The number of carbonyl (C=O) groups excluding carboxylic acids is 1. The van der Waals surface area contributed by atoms with Crippen LogP contribution in [0.25, 0.3) is 0 Å². The van der Waals surface area contributed by atoms with Crippen LogP contribution in [-0.2, 0) is 14.8 Å². The Morgan fingerprint density at radius 2 is 1.96 bits per heavy atom. The third-order valence-corrected chi connectivity index (χ3v) is 6.42. The summed E-state index contributed by atoms with van der Waals surface area (Å²) in [4.78, 5) is 15.5. The Hall–Kier alpha value is -1.48. The predicted molar refractivity (Wildman–Crippen MR) is 103 cm³/mol. The zero-order chi connectivity index (χ0) is 18.9. The molecule has 1 atom stereocenters. The van der Waals surface area contributed by atoms with Crippen molar-refractivity contribution in [3.05, 3.63) is 51.7 Å². The van der Waals surface area contributed by atoms with E-state index in [1.807, 2.05) is 0 Å². The van der Waals surface area contributed by atoms with E-state index in [9.17, 15) is 13.2 Å². The maximum atomic E-state index is 12.6. The van der Waals surface area contributed by atoms with Crippen molar-refractivity contribution in [1.82, 2.24) is 9.71 Å². The van der Waals surface area contributed by atoms with Crippen LogP contribution in [0.4, 0.5) is 5.69 Å². The molecule has 1 heterocycles. The molecule has 0 aliphatic heterocycles. The first kappa shape index (κ1) is 19.3. The van der Waals surface area contributed by atoms with E-state index >= 15 is 0 Å². The molecular weight excluding hydrogens is 442 g/mol. The molecule has 1 saturated carbocycles. The average Bonchev–Trinajstić information content (AvgIpc) is 3.42. The number of nitrogens with zero attached hydrogens (tertiary/aromatic N) is 1. The molecule has 1 amide bonds. The molecule has 26 heavy (non-hydrogen) atoms. The monoisotopic (exact) mass is 457 g/mol. The fraction of sp³-hybridized carbons (Fsp3) is 0.294. The van der Waals surface area contributed by atoms with Gasteiger partial charge in [0.05, 0.1) is 0 Å². The maximum Gasteiger partial charge on any atom is 0.244 e. The highest BCUT2D eigenvalue weighted by Gasteiger charge is 2.29. The van der Waals surface area contributed by atoms with Gasteiger partial charge in [0.2, 0.25) is 15.9 Å². The molecular formula is C17H17BrClN3O3S. The van der Waals surface area contributed by atoms with E-state index in [1.54, 1.807) is 31.2 Å². The minimum absolute atomic E-state index is 0.0308. The first-order valence-corrected chi connectivity index (χ1v) is 10.7. The van der Waals surface area contributed by atoms with E-state index in [-0.39, 0.29) is 21.9 Å². The largest absolute Gasteiger partial charge is 0.326 e. The number of hydrogen-bond donors (Lipinski definition) is 2. The van der Waals surface area contributed by atoms with Gasteiger partial charge in [0.1, 0.15) is 10.0 Å². The molecule has 0 saturated heterocycles. The maximum absolute atomic E-state index is 12.6. The van der Waals surface area contributed by atoms with Crippen LogP contribution < -0.4 is 10.0 Å². The zero-order valence-electron chi connectivity index (χ0n) is 13.9. The standard InChI is InChI=1S/C17H17BrClN3O3S/c1-10(22-26(24,25)15-8-13(18)9-20-16(15)19)11-4-6-14(7-5-11)21-17(23)12-2-3-12/h4-10,12,22H,2-3H2,1H3,(H,21,23). The molecule has 6 nitrogen and oxygen atoms in total. The molecule has 2 N–H and O–H groups in total. The van der Waals surface area contributed by atoms with E-state index < -0.39 is 16.1 Å². The van der Waals surface area contributed by atoms with Crippen molar-refractivity contribution >= 4 is 49.1 Å². The van der Waals surface area contributed by atoms with E-state index in [1.165, 1.54) is 12.3 Å². The lowest BCUT2D eigenvalue weighted by atomic mass is 10.1. The van der Waals surface area contributed by atoms with Crippen LogP contribution >= 0.6 is 27.5 Å². The van der Waals surface area contributed by atoms with Crippen molar-refractivity contribution in [3.8, 4) is 0 Å². The number of hydrogen-bond acceptors (Lipinski definition) is 4. The Labute approximate surface area is 165 Å². The Balaban J connectivity index is 1.71. The van der Waals surface area contributed by atoms with Crippen molar-refractivity contribution in [2.24, 2.45) is 5.92 Å². The summed E-state index contributed by atoms with van der Waals surface area (Å²) in [6.45, 7) is 1.73. The van der Waals surface area contributed by atoms with Gasteiger partial charge in [-0.2, -0.15) is 0 Å². The van der Waals surface area contributed by atoms with Gasteiger partial charge in [-0.25, -0.2) is 18.1 Å². The Bertz CT molecular complexity index is 931. The quantitative estimate of drug-likeness (QED) is 0.643. The zero-order valence-corrected chi connectivity index (χ0v) is 17.0. The molecule has 3 rings (SSSR count). The van der Waals surface area contributed by atoms with Gasteiger partial charge in [-0.15, -0.1) is 0 Å². The van der Waals surface area contributed by atoms with Crippen LogP contribution in [0.2, 0.25) is 5.15 Å². The molecule has 1 fully saturated rings. The van der Waals surface area contributed by atoms with Gasteiger partial charge >= 0.3 is 0 Å². The highest BCUT2D eigenvalue weighted by atomic mass is 79.9. The molecule has 0 spiro atoms. The van der Waals surface area contributed by atoms with Gasteiger partial charge in [0, 0.05) is 28.3 Å². The minimum atomic E-state index is -3.84. The van der Waals surface area contributed by atoms with Crippen molar-refractivity contribution in [1.29, 1.82) is 0 Å². The van der Waals surface area contributed by atoms with Gasteiger partial charge in [0.15, 0.2) is 0 Å². The van der Waals surface area contributed by atoms with Crippen molar-refractivity contribution in [2.45, 2.75) is 30.7 Å². The molecule has 9 heteroatoms. The number of rotatable bonds is 6. The molecule has 1 unspecified atom stereocenters. The molecule has 1 aliphatic carbocycles. The summed E-state index contributed by atoms with van der Waals surface area (Å²) < 4.78 is 28.2. The van der Waals surface area contributed by atoms with E-state index in [2.05, 4.69) is 31.0 Å². The molecule has 0 bridgehead atoms. The normalized spacial score (nSPS) is 15.5. The number of nitrogens with one attached hydrogen (secondary N) is 2. The van der Waals surface area contributed by atoms with Gasteiger partial charge in [-0.05, 0) is 59.5 Å². The number of halogens is 2. The second-order valence-corrected chi connectivity index (χ2v) is 9.13. The lowest BCUT2D eigenvalue weighted by Gasteiger charge is -2.16. The van der Waals surface area contributed by atoms with E-state index in [0.29, 0.717) is 10.2 Å². The first-order chi connectivity index (χ1) is 12.3. The minimum Gasteiger partial charge on any atom is -0.326 e. The summed E-state index contributed by atoms with van der Waals surface area (Å²) in [7, 11) is -3.84. The third kappa shape index (κ3) is 4.62. The molecule has 0 radical (unpaired) electrons. The Morgan fingerprint density at radius 1 is 1.31 bits per heavy atom. The number of amides is 1. The van der Waals surface area contributed by atoms with Crippen molar-refractivity contribution in [2.75, 3.05) is 5.32 Å². The number of sulfonamides is 1. The molecule has 1 aliphatic rings. The molecule has 1 aromatic carbocycles. The number of pyridine rings is 1. The second-order valence-electron chi connectivity index (χ2n) is 6.17. The van der Waals surface area contributed by atoms with E-state index in [4.69, 9.17) is 11.6 Å². The highest BCUT2D eigenvalue weighted by molar-refractivity contribution is 9.10. The fourth-order valence-electron chi connectivity index (χ4n) is 2.40. The smallest absolute Gasteiger partial charge is 0.244 e. The van der Waals surface area contributed by atoms with Crippen LogP contribution in [0.1, 0.15) is 31.4 Å². The number of anilines is 1. The van der Waals surface area contributed by atoms with E-state index in [0.717, 1.165) is 18.4 Å². The third-order valence-electron chi connectivity index (χ3n) is 4.02. The van der Waals surface area contributed by atoms with Crippen molar-refractivity contribution < 1.29 is 13.2 Å². The highest BCUT2D eigenvalue weighted by Crippen LogP contribution is 2.30. The van der Waals surface area contributed by atoms with Gasteiger partial charge in [-0.1, -0.05) is 23.7 Å². The van der Waals surface area contributed by atoms with Crippen LogP contribution in [0.5, 0.6) is 0 Å². The number of aromatic nitrogens is 1. The number of benzene rings is 1. The SMILES string of the molecule is CC(NS(=O)(=O)c1cc(Br)cnc1Cl)c1ccc(NC(=O)C2CC2)cc1. The predicted octanol–water partition coefficient (Wildman–Crippen LogP) is 3.89.